The Kier molecular flexibility index (Phi) is 4.18. The van der Waals surface area contributed by atoms with E-state index in [2.05, 4.69) is 9.71 Å². The van der Waals surface area contributed by atoms with E-state index < -0.39 is 15.6 Å². The molecule has 1 heterocycles. The molecule has 0 aliphatic rings. The van der Waals surface area contributed by atoms with Crippen LogP contribution in [0.1, 0.15) is 13.8 Å². The molecule has 21 heavy (non-hydrogen) atoms. The summed E-state index contributed by atoms with van der Waals surface area (Å²) >= 11 is 0. The molecule has 0 spiro atoms. The van der Waals surface area contributed by atoms with Crippen molar-refractivity contribution in [2.45, 2.75) is 24.3 Å². The van der Waals surface area contributed by atoms with Crippen LogP contribution in [0.2, 0.25) is 0 Å². The van der Waals surface area contributed by atoms with Crippen LogP contribution in [0, 0.1) is 0 Å². The fourth-order valence-electron chi connectivity index (χ4n) is 1.71. The Morgan fingerprint density at radius 3 is 2.67 bits per heavy atom. The molecular formula is C14H19N3O3S. The number of pyridine rings is 1. The van der Waals surface area contributed by atoms with Crippen LogP contribution >= 0.6 is 0 Å². The number of nitrogens with two attached hydrogens (primary N) is 1. The van der Waals surface area contributed by atoms with Crippen molar-refractivity contribution in [1.82, 2.24) is 9.71 Å². The normalized spacial score (nSPS) is 12.7. The zero-order valence-electron chi connectivity index (χ0n) is 12.3. The lowest BCUT2D eigenvalue weighted by atomic mass is 10.1. The van der Waals surface area contributed by atoms with Crippen LogP contribution in [-0.2, 0) is 14.8 Å². The van der Waals surface area contributed by atoms with Crippen molar-refractivity contribution in [1.29, 1.82) is 0 Å². The van der Waals surface area contributed by atoms with Crippen molar-refractivity contribution in [3.05, 3.63) is 30.3 Å². The van der Waals surface area contributed by atoms with E-state index in [1.165, 1.54) is 6.07 Å². The smallest absolute Gasteiger partial charge is 0.240 e. The molecule has 0 bridgehead atoms. The number of methoxy groups -OCH3 is 1. The Hall–Kier alpha value is -1.70. The van der Waals surface area contributed by atoms with Gasteiger partial charge in [-0.2, -0.15) is 0 Å². The standard InChI is InChI=1S/C14H19N3O3S/c1-14(2,20-3)9-16-21(18,19)11-5-6-12-10(8-11)4-7-13(15)17-12/h4-8,16H,9H2,1-3H3,(H2,15,17). The molecule has 114 valence electrons. The van der Waals surface area contributed by atoms with Crippen LogP contribution in [0.15, 0.2) is 35.2 Å². The van der Waals surface area contributed by atoms with E-state index >= 15 is 0 Å². The van der Waals surface area contributed by atoms with Gasteiger partial charge in [0.1, 0.15) is 5.82 Å². The van der Waals surface area contributed by atoms with Gasteiger partial charge in [0.15, 0.2) is 0 Å². The number of aromatic nitrogens is 1. The second-order valence-corrected chi connectivity index (χ2v) is 7.15. The van der Waals surface area contributed by atoms with Crippen LogP contribution in [-0.4, -0.2) is 32.7 Å². The predicted molar refractivity (Wildman–Crippen MR) is 82.4 cm³/mol. The van der Waals surface area contributed by atoms with Crippen molar-refractivity contribution < 1.29 is 13.2 Å². The average molecular weight is 309 g/mol. The Morgan fingerprint density at radius 2 is 2.00 bits per heavy atom. The number of sulfonamides is 1. The van der Waals surface area contributed by atoms with Gasteiger partial charge < -0.3 is 10.5 Å². The first-order valence-corrected chi connectivity index (χ1v) is 7.93. The van der Waals surface area contributed by atoms with Gasteiger partial charge in [-0.15, -0.1) is 0 Å². The summed E-state index contributed by atoms with van der Waals surface area (Å²) in [4.78, 5) is 4.33. The monoisotopic (exact) mass is 309 g/mol. The number of nitrogens with one attached hydrogen (secondary N) is 1. The maximum atomic E-state index is 12.3. The van der Waals surface area contributed by atoms with Crippen LogP contribution in [0.4, 0.5) is 5.82 Å². The number of ether oxygens (including phenoxy) is 1. The number of rotatable bonds is 5. The van der Waals surface area contributed by atoms with Gasteiger partial charge in [-0.25, -0.2) is 18.1 Å². The van der Waals surface area contributed by atoms with Crippen molar-refractivity contribution in [2.24, 2.45) is 0 Å². The number of nitrogen functional groups attached to an aromatic ring is 1. The van der Waals surface area contributed by atoms with E-state index in [0.717, 1.165) is 5.39 Å². The Labute approximate surface area is 124 Å². The first-order chi connectivity index (χ1) is 9.73. The summed E-state index contributed by atoms with van der Waals surface area (Å²) in [5.74, 6) is 0.401. The van der Waals surface area contributed by atoms with E-state index in [1.807, 2.05) is 13.8 Å². The van der Waals surface area contributed by atoms with Crippen molar-refractivity contribution >= 4 is 26.7 Å². The second kappa shape index (κ2) is 5.59. The fraction of sp³-hybridized carbons (Fsp3) is 0.357. The quantitative estimate of drug-likeness (QED) is 0.873. The summed E-state index contributed by atoms with van der Waals surface area (Å²) in [6.07, 6.45) is 0. The summed E-state index contributed by atoms with van der Waals surface area (Å²) < 4.78 is 32.3. The molecule has 2 aromatic rings. The molecule has 0 amide bonds. The van der Waals surface area contributed by atoms with E-state index in [9.17, 15) is 8.42 Å². The summed E-state index contributed by atoms with van der Waals surface area (Å²) in [5, 5.41) is 0.720. The molecule has 0 aliphatic carbocycles. The maximum absolute atomic E-state index is 12.3. The van der Waals surface area contributed by atoms with E-state index in [1.54, 1.807) is 31.4 Å². The van der Waals surface area contributed by atoms with Gasteiger partial charge in [0.2, 0.25) is 10.0 Å². The average Bonchev–Trinajstić information content (AvgIpc) is 2.45. The lowest BCUT2D eigenvalue weighted by Gasteiger charge is -2.23. The number of hydrogen-bond acceptors (Lipinski definition) is 5. The van der Waals surface area contributed by atoms with Gasteiger partial charge in [0.25, 0.3) is 0 Å². The fourth-order valence-corrected chi connectivity index (χ4v) is 2.94. The molecule has 2 rings (SSSR count). The summed E-state index contributed by atoms with van der Waals surface area (Å²) in [7, 11) is -2.05. The summed E-state index contributed by atoms with van der Waals surface area (Å²) in [6.45, 7) is 3.80. The second-order valence-electron chi connectivity index (χ2n) is 5.38. The van der Waals surface area contributed by atoms with Gasteiger partial charge >= 0.3 is 0 Å². The zero-order chi connectivity index (χ0) is 15.7. The van der Waals surface area contributed by atoms with Crippen molar-refractivity contribution in [2.75, 3.05) is 19.4 Å². The molecule has 0 aliphatic heterocycles. The largest absolute Gasteiger partial charge is 0.384 e. The minimum atomic E-state index is -3.59. The third-order valence-corrected chi connectivity index (χ3v) is 4.63. The minimum absolute atomic E-state index is 0.184. The van der Waals surface area contributed by atoms with Gasteiger partial charge in [-0.3, -0.25) is 0 Å². The molecule has 0 unspecified atom stereocenters. The lowest BCUT2D eigenvalue weighted by Crippen LogP contribution is -2.39. The molecule has 1 aromatic heterocycles. The Bertz CT molecular complexity index is 757. The lowest BCUT2D eigenvalue weighted by molar-refractivity contribution is 0.0276. The number of benzene rings is 1. The SMILES string of the molecule is COC(C)(C)CNS(=O)(=O)c1ccc2nc(N)ccc2c1. The summed E-state index contributed by atoms with van der Waals surface area (Å²) in [5.41, 5.74) is 5.69. The van der Waals surface area contributed by atoms with E-state index in [-0.39, 0.29) is 11.4 Å². The van der Waals surface area contributed by atoms with Crippen LogP contribution < -0.4 is 10.5 Å². The highest BCUT2D eigenvalue weighted by molar-refractivity contribution is 7.89. The van der Waals surface area contributed by atoms with Crippen LogP contribution in [0.25, 0.3) is 10.9 Å². The highest BCUT2D eigenvalue weighted by atomic mass is 32.2. The van der Waals surface area contributed by atoms with E-state index in [4.69, 9.17) is 10.5 Å². The topological polar surface area (TPSA) is 94.3 Å². The third kappa shape index (κ3) is 3.69. The molecule has 7 heteroatoms. The van der Waals surface area contributed by atoms with Crippen LogP contribution in [0.5, 0.6) is 0 Å². The third-order valence-electron chi connectivity index (χ3n) is 3.23. The molecule has 0 saturated heterocycles. The first kappa shape index (κ1) is 15.7. The maximum Gasteiger partial charge on any atom is 0.240 e. The van der Waals surface area contributed by atoms with Gasteiger partial charge in [-0.05, 0) is 44.2 Å². The summed E-state index contributed by atoms with van der Waals surface area (Å²) in [6, 6.07) is 8.11. The zero-order valence-corrected chi connectivity index (χ0v) is 13.1. The number of fused-ring (bicyclic) bond motifs is 1. The van der Waals surface area contributed by atoms with Gasteiger partial charge in [0, 0.05) is 19.0 Å². The highest BCUT2D eigenvalue weighted by Crippen LogP contribution is 2.19. The molecule has 0 radical (unpaired) electrons. The van der Waals surface area contributed by atoms with Crippen LogP contribution in [0.3, 0.4) is 0 Å². The van der Waals surface area contributed by atoms with Gasteiger partial charge in [0.05, 0.1) is 16.0 Å². The molecule has 3 N–H and O–H groups in total. The number of nitrogens with zero attached hydrogens (tertiary/aromatic N) is 1. The van der Waals surface area contributed by atoms with Crippen molar-refractivity contribution in [3.63, 3.8) is 0 Å². The van der Waals surface area contributed by atoms with Gasteiger partial charge in [-0.1, -0.05) is 0 Å². The van der Waals surface area contributed by atoms with Crippen molar-refractivity contribution in [3.8, 4) is 0 Å². The number of hydrogen-bond donors (Lipinski definition) is 2. The molecule has 0 fully saturated rings. The Morgan fingerprint density at radius 1 is 1.29 bits per heavy atom. The molecular weight excluding hydrogens is 290 g/mol. The highest BCUT2D eigenvalue weighted by Gasteiger charge is 2.21. The molecule has 1 aromatic carbocycles. The predicted octanol–water partition coefficient (Wildman–Crippen LogP) is 1.52. The molecule has 0 atom stereocenters. The van der Waals surface area contributed by atoms with E-state index in [0.29, 0.717) is 11.3 Å². The molecule has 6 nitrogen and oxygen atoms in total. The number of anilines is 1. The first-order valence-electron chi connectivity index (χ1n) is 6.45. The Balaban J connectivity index is 2.30. The minimum Gasteiger partial charge on any atom is -0.384 e. The molecule has 0 saturated carbocycles.